The smallest absolute Gasteiger partial charge is 0.302 e. The fourth-order valence-electron chi connectivity index (χ4n) is 3.76. The van der Waals surface area contributed by atoms with E-state index in [0.29, 0.717) is 16.0 Å². The van der Waals surface area contributed by atoms with Gasteiger partial charge in [0.05, 0.1) is 16.3 Å². The van der Waals surface area contributed by atoms with Gasteiger partial charge in [0.25, 0.3) is 11.8 Å². The fraction of sp³-hybridized carbons (Fsp3) is 0.0400. The molecule has 0 unspecified atom stereocenters. The Labute approximate surface area is 218 Å². The first kappa shape index (κ1) is 24.2. The number of hydrogen-bond acceptors (Lipinski definition) is 8. The van der Waals surface area contributed by atoms with Gasteiger partial charge < -0.3 is 9.52 Å². The van der Waals surface area contributed by atoms with Crippen molar-refractivity contribution >= 4 is 69.2 Å². The highest BCUT2D eigenvalue weighted by Crippen LogP contribution is 2.34. The van der Waals surface area contributed by atoms with Crippen molar-refractivity contribution in [3.05, 3.63) is 88.2 Å². The van der Waals surface area contributed by atoms with Gasteiger partial charge in [-0.25, -0.2) is 15.3 Å². The standard InChI is InChI=1S/C25H14Cl2N4O6/c26-12-9-10-16(14(27)11-12)31-24(35)20(29-30-22(34)13-5-1-3-7-17(13)32)19(21(33)25(31)36)23-28-15-6-2-4-8-18(15)37-23/h1-11,19,32H,(H,30,34)/b29-20+/t19-/m0/s1. The number of oxazole rings is 1. The zero-order chi connectivity index (χ0) is 26.3. The number of nitrogens with one attached hydrogen (secondary N) is 1. The molecule has 1 aromatic heterocycles. The number of aromatic hydroxyl groups is 1. The van der Waals surface area contributed by atoms with Crippen molar-refractivity contribution in [2.45, 2.75) is 5.92 Å². The van der Waals surface area contributed by atoms with Gasteiger partial charge in [-0.05, 0) is 42.5 Å². The predicted molar refractivity (Wildman–Crippen MR) is 134 cm³/mol. The second-order valence-electron chi connectivity index (χ2n) is 7.81. The minimum Gasteiger partial charge on any atom is -0.507 e. The van der Waals surface area contributed by atoms with Crippen LogP contribution in [0.1, 0.15) is 22.2 Å². The van der Waals surface area contributed by atoms with Crippen molar-refractivity contribution < 1.29 is 28.7 Å². The fourth-order valence-corrected chi connectivity index (χ4v) is 4.25. The average molecular weight is 537 g/mol. The molecule has 3 amide bonds. The van der Waals surface area contributed by atoms with E-state index >= 15 is 0 Å². The summed E-state index contributed by atoms with van der Waals surface area (Å²) in [5.41, 5.74) is 2.06. The van der Waals surface area contributed by atoms with Gasteiger partial charge in [0.15, 0.2) is 11.5 Å². The summed E-state index contributed by atoms with van der Waals surface area (Å²) in [6.45, 7) is 0. The monoisotopic (exact) mass is 536 g/mol. The Morgan fingerprint density at radius 2 is 1.73 bits per heavy atom. The lowest BCUT2D eigenvalue weighted by molar-refractivity contribution is -0.139. The Kier molecular flexibility index (Phi) is 6.20. The molecule has 0 spiro atoms. The van der Waals surface area contributed by atoms with Crippen LogP contribution in [0.15, 0.2) is 76.2 Å². The number of piperidine rings is 1. The number of phenolic OH excluding ortho intramolecular Hbond substituents is 1. The van der Waals surface area contributed by atoms with E-state index in [1.165, 1.54) is 42.5 Å². The van der Waals surface area contributed by atoms with E-state index in [9.17, 15) is 24.3 Å². The molecule has 1 aliphatic rings. The van der Waals surface area contributed by atoms with Crippen molar-refractivity contribution in [3.63, 3.8) is 0 Å². The van der Waals surface area contributed by atoms with Crippen molar-refractivity contribution in [2.24, 2.45) is 5.10 Å². The third kappa shape index (κ3) is 4.32. The number of carbonyl (C=O) groups excluding carboxylic acids is 4. The van der Waals surface area contributed by atoms with Gasteiger partial charge in [-0.1, -0.05) is 47.5 Å². The number of ketones is 1. The third-order valence-electron chi connectivity index (χ3n) is 5.51. The van der Waals surface area contributed by atoms with Crippen LogP contribution in [-0.2, 0) is 14.4 Å². The average Bonchev–Trinajstić information content (AvgIpc) is 3.30. The highest BCUT2D eigenvalue weighted by Gasteiger charge is 2.50. The SMILES string of the molecule is O=C(N/N=C1/C(=O)N(c2ccc(Cl)cc2Cl)C(=O)C(=O)[C@H]1c1nc2ccccc2o1)c1ccccc1O. The van der Waals surface area contributed by atoms with Crippen molar-refractivity contribution in [3.8, 4) is 5.75 Å². The molecule has 5 rings (SSSR count). The van der Waals surface area contributed by atoms with Crippen LogP contribution in [-0.4, -0.2) is 39.3 Å². The first-order valence-electron chi connectivity index (χ1n) is 10.7. The number of phenols is 1. The molecule has 4 aromatic rings. The zero-order valence-electron chi connectivity index (χ0n) is 18.5. The Bertz CT molecular complexity index is 1610. The first-order chi connectivity index (χ1) is 17.8. The van der Waals surface area contributed by atoms with Gasteiger partial charge in [-0.2, -0.15) is 5.10 Å². The maximum atomic E-state index is 13.6. The van der Waals surface area contributed by atoms with Crippen LogP contribution >= 0.6 is 23.2 Å². The van der Waals surface area contributed by atoms with Crippen LogP contribution in [0.3, 0.4) is 0 Å². The highest BCUT2D eigenvalue weighted by atomic mass is 35.5. The summed E-state index contributed by atoms with van der Waals surface area (Å²) in [7, 11) is 0. The number of hydrogen-bond donors (Lipinski definition) is 2. The first-order valence-corrected chi connectivity index (χ1v) is 11.4. The molecule has 2 heterocycles. The molecule has 0 saturated carbocycles. The van der Waals surface area contributed by atoms with Crippen LogP contribution in [0, 0.1) is 0 Å². The number of benzene rings is 3. The van der Waals surface area contributed by atoms with E-state index in [0.717, 1.165) is 0 Å². The number of carbonyl (C=O) groups is 4. The van der Waals surface area contributed by atoms with Crippen LogP contribution in [0.2, 0.25) is 10.0 Å². The van der Waals surface area contributed by atoms with E-state index in [1.807, 2.05) is 0 Å². The lowest BCUT2D eigenvalue weighted by Gasteiger charge is -2.29. The molecule has 1 aliphatic heterocycles. The number of hydrazone groups is 1. The topological polar surface area (TPSA) is 142 Å². The van der Waals surface area contributed by atoms with Crippen LogP contribution < -0.4 is 10.3 Å². The van der Waals surface area contributed by atoms with E-state index in [4.69, 9.17) is 27.6 Å². The molecule has 0 radical (unpaired) electrons. The molecular formula is C25H14Cl2N4O6. The summed E-state index contributed by atoms with van der Waals surface area (Å²) in [6.07, 6.45) is 0. The number of imide groups is 1. The van der Waals surface area contributed by atoms with Gasteiger partial charge in [0, 0.05) is 5.02 Å². The van der Waals surface area contributed by atoms with Crippen LogP contribution in [0.5, 0.6) is 5.75 Å². The third-order valence-corrected chi connectivity index (χ3v) is 6.04. The molecular weight excluding hydrogens is 523 g/mol. The summed E-state index contributed by atoms with van der Waals surface area (Å²) in [6, 6.07) is 16.2. The molecule has 10 nitrogen and oxygen atoms in total. The van der Waals surface area contributed by atoms with E-state index < -0.39 is 35.1 Å². The normalized spacial score (nSPS) is 17.0. The minimum atomic E-state index is -1.65. The molecule has 2 N–H and O–H groups in total. The molecule has 1 atom stereocenters. The Hall–Kier alpha value is -4.54. The van der Waals surface area contributed by atoms with E-state index in [2.05, 4.69) is 15.5 Å². The molecule has 1 saturated heterocycles. The summed E-state index contributed by atoms with van der Waals surface area (Å²) in [5.74, 6) is -6.44. The predicted octanol–water partition coefficient (Wildman–Crippen LogP) is 3.85. The quantitative estimate of drug-likeness (QED) is 0.229. The number of amides is 3. The number of rotatable bonds is 4. The Morgan fingerprint density at radius 1 is 1.00 bits per heavy atom. The molecule has 3 aromatic carbocycles. The van der Waals surface area contributed by atoms with Gasteiger partial charge in [-0.15, -0.1) is 0 Å². The molecule has 1 fully saturated rings. The van der Waals surface area contributed by atoms with E-state index in [-0.39, 0.29) is 32.9 Å². The lowest BCUT2D eigenvalue weighted by Crippen LogP contribution is -2.55. The number of halogens is 2. The zero-order valence-corrected chi connectivity index (χ0v) is 20.0. The number of para-hydroxylation sites is 3. The highest BCUT2D eigenvalue weighted by molar-refractivity contribution is 6.67. The summed E-state index contributed by atoms with van der Waals surface area (Å²) in [5, 5.41) is 14.0. The molecule has 12 heteroatoms. The van der Waals surface area contributed by atoms with Gasteiger partial charge in [0.2, 0.25) is 11.7 Å². The number of anilines is 1. The van der Waals surface area contributed by atoms with Crippen molar-refractivity contribution in [2.75, 3.05) is 4.90 Å². The number of fused-ring (bicyclic) bond motifs is 1. The Morgan fingerprint density at radius 3 is 2.46 bits per heavy atom. The van der Waals surface area contributed by atoms with Gasteiger partial charge >= 0.3 is 5.91 Å². The molecule has 0 aliphatic carbocycles. The molecule has 0 bridgehead atoms. The maximum Gasteiger partial charge on any atom is 0.302 e. The minimum absolute atomic E-state index is 0.0695. The van der Waals surface area contributed by atoms with Crippen LogP contribution in [0.25, 0.3) is 11.1 Å². The van der Waals surface area contributed by atoms with Gasteiger partial charge in [-0.3, -0.25) is 19.2 Å². The molecule has 37 heavy (non-hydrogen) atoms. The van der Waals surface area contributed by atoms with Crippen molar-refractivity contribution in [1.82, 2.24) is 10.4 Å². The largest absolute Gasteiger partial charge is 0.507 e. The second-order valence-corrected chi connectivity index (χ2v) is 8.66. The summed E-state index contributed by atoms with van der Waals surface area (Å²) >= 11 is 12.1. The number of aromatic nitrogens is 1. The Balaban J connectivity index is 1.61. The van der Waals surface area contributed by atoms with Crippen molar-refractivity contribution in [1.29, 1.82) is 0 Å². The lowest BCUT2D eigenvalue weighted by atomic mass is 9.91. The van der Waals surface area contributed by atoms with E-state index in [1.54, 1.807) is 24.3 Å². The van der Waals surface area contributed by atoms with Crippen LogP contribution in [0.4, 0.5) is 5.69 Å². The number of Topliss-reactive ketones (excluding diaryl/α,β-unsaturated/α-hetero) is 1. The molecule has 184 valence electrons. The summed E-state index contributed by atoms with van der Waals surface area (Å²) < 4.78 is 5.66. The second kappa shape index (κ2) is 9.49. The maximum absolute atomic E-state index is 13.6. The van der Waals surface area contributed by atoms with Gasteiger partial charge in [0.1, 0.15) is 17.0 Å². The number of nitrogens with zero attached hydrogens (tertiary/aromatic N) is 3. The summed E-state index contributed by atoms with van der Waals surface area (Å²) in [4.78, 5) is 57.5.